The summed E-state index contributed by atoms with van der Waals surface area (Å²) in [6, 6.07) is 5.15. The molecule has 1 atom stereocenters. The van der Waals surface area contributed by atoms with Crippen molar-refractivity contribution in [3.05, 3.63) is 33.8 Å². The summed E-state index contributed by atoms with van der Waals surface area (Å²) >= 11 is 12.0. The Balaban J connectivity index is 2.62. The Bertz CT molecular complexity index is 376. The van der Waals surface area contributed by atoms with Crippen LogP contribution in [0.15, 0.2) is 18.2 Å². The highest BCUT2D eigenvalue weighted by atomic mass is 35.5. The van der Waals surface area contributed by atoms with E-state index in [1.165, 1.54) is 0 Å². The first kappa shape index (κ1) is 14.3. The molecular weight excluding hydrogens is 261 g/mol. The van der Waals surface area contributed by atoms with E-state index in [1.807, 2.05) is 6.92 Å². The van der Waals surface area contributed by atoms with Gasteiger partial charge in [-0.1, -0.05) is 29.3 Å². The Hall–Kier alpha value is -0.770. The van der Waals surface area contributed by atoms with Gasteiger partial charge in [0.15, 0.2) is 0 Å². The Morgan fingerprint density at radius 3 is 2.53 bits per heavy atom. The molecule has 0 aromatic heterocycles. The van der Waals surface area contributed by atoms with E-state index < -0.39 is 0 Å². The number of hydrogen-bond donors (Lipinski definition) is 1. The van der Waals surface area contributed by atoms with E-state index in [2.05, 4.69) is 5.32 Å². The number of methoxy groups -OCH3 is 1. The molecule has 0 aliphatic carbocycles. The maximum atomic E-state index is 11.7. The molecule has 1 aromatic rings. The number of nitrogens with one attached hydrogen (secondary N) is 1. The highest BCUT2D eigenvalue weighted by Crippen LogP contribution is 2.24. The molecule has 0 fully saturated rings. The highest BCUT2D eigenvalue weighted by Gasteiger charge is 2.12. The van der Waals surface area contributed by atoms with Crippen LogP contribution in [0.2, 0.25) is 10.0 Å². The molecule has 0 aliphatic heterocycles. The fourth-order valence-electron chi connectivity index (χ4n) is 1.48. The maximum Gasteiger partial charge on any atom is 0.224 e. The third kappa shape index (κ3) is 4.54. The molecule has 94 valence electrons. The molecule has 5 heteroatoms. The third-order valence-corrected chi connectivity index (χ3v) is 2.93. The van der Waals surface area contributed by atoms with Gasteiger partial charge in [0.05, 0.1) is 13.0 Å². The summed E-state index contributed by atoms with van der Waals surface area (Å²) in [5.41, 5.74) is 0.651. The standard InChI is InChI=1S/C12H15Cl2NO2/c1-8(7-17-2)15-12(16)6-9-10(13)4-3-5-11(9)14/h3-5,8H,6-7H2,1-2H3,(H,15,16)/t8-/m1/s1. The normalized spacial score (nSPS) is 12.2. The zero-order valence-corrected chi connectivity index (χ0v) is 11.3. The van der Waals surface area contributed by atoms with Crippen LogP contribution >= 0.6 is 23.2 Å². The Morgan fingerprint density at radius 1 is 1.41 bits per heavy atom. The van der Waals surface area contributed by atoms with Gasteiger partial charge in [0.25, 0.3) is 0 Å². The summed E-state index contributed by atoms with van der Waals surface area (Å²) < 4.78 is 4.94. The molecule has 0 radical (unpaired) electrons. The summed E-state index contributed by atoms with van der Waals surface area (Å²) in [7, 11) is 1.59. The highest BCUT2D eigenvalue weighted by molar-refractivity contribution is 6.36. The van der Waals surface area contributed by atoms with Gasteiger partial charge in [0.2, 0.25) is 5.91 Å². The number of benzene rings is 1. The molecule has 1 amide bonds. The molecule has 0 bridgehead atoms. The molecule has 0 saturated heterocycles. The topological polar surface area (TPSA) is 38.3 Å². The number of halogens is 2. The molecular formula is C12H15Cl2NO2. The summed E-state index contributed by atoms with van der Waals surface area (Å²) in [6.45, 7) is 2.34. The average molecular weight is 276 g/mol. The van der Waals surface area contributed by atoms with Crippen molar-refractivity contribution in [2.45, 2.75) is 19.4 Å². The summed E-state index contributed by atoms with van der Waals surface area (Å²) in [6.07, 6.45) is 0.173. The third-order valence-electron chi connectivity index (χ3n) is 2.22. The van der Waals surface area contributed by atoms with Gasteiger partial charge in [-0.3, -0.25) is 4.79 Å². The van der Waals surface area contributed by atoms with Gasteiger partial charge in [-0.25, -0.2) is 0 Å². The van der Waals surface area contributed by atoms with E-state index in [9.17, 15) is 4.79 Å². The van der Waals surface area contributed by atoms with E-state index in [0.717, 1.165) is 0 Å². The van der Waals surface area contributed by atoms with E-state index in [0.29, 0.717) is 22.2 Å². The smallest absolute Gasteiger partial charge is 0.224 e. The van der Waals surface area contributed by atoms with Crippen LogP contribution in [0.5, 0.6) is 0 Å². The predicted octanol–water partition coefficient (Wildman–Crippen LogP) is 2.69. The zero-order chi connectivity index (χ0) is 12.8. The van der Waals surface area contributed by atoms with Crippen LogP contribution in [-0.2, 0) is 16.0 Å². The van der Waals surface area contributed by atoms with Crippen molar-refractivity contribution in [2.75, 3.05) is 13.7 Å². The van der Waals surface area contributed by atoms with Crippen molar-refractivity contribution in [3.8, 4) is 0 Å². The van der Waals surface area contributed by atoms with Crippen molar-refractivity contribution in [1.82, 2.24) is 5.32 Å². The van der Waals surface area contributed by atoms with Crippen LogP contribution in [-0.4, -0.2) is 25.7 Å². The van der Waals surface area contributed by atoms with E-state index >= 15 is 0 Å². The summed E-state index contributed by atoms with van der Waals surface area (Å²) in [4.78, 5) is 11.7. The second-order valence-corrected chi connectivity index (χ2v) is 4.62. The number of amides is 1. The average Bonchev–Trinajstić information content (AvgIpc) is 2.24. The number of hydrogen-bond acceptors (Lipinski definition) is 2. The minimum Gasteiger partial charge on any atom is -0.383 e. The number of ether oxygens (including phenoxy) is 1. The SMILES string of the molecule is COC[C@@H](C)NC(=O)Cc1c(Cl)cccc1Cl. The van der Waals surface area contributed by atoms with Gasteiger partial charge in [-0.05, 0) is 24.6 Å². The van der Waals surface area contributed by atoms with Crippen molar-refractivity contribution in [1.29, 1.82) is 0 Å². The molecule has 1 aromatic carbocycles. The second-order valence-electron chi connectivity index (χ2n) is 3.80. The molecule has 17 heavy (non-hydrogen) atoms. The maximum absolute atomic E-state index is 11.7. The van der Waals surface area contributed by atoms with Crippen LogP contribution in [0.3, 0.4) is 0 Å². The lowest BCUT2D eigenvalue weighted by molar-refractivity contribution is -0.121. The van der Waals surface area contributed by atoms with Gasteiger partial charge in [-0.2, -0.15) is 0 Å². The Morgan fingerprint density at radius 2 is 2.00 bits per heavy atom. The van der Waals surface area contributed by atoms with Crippen LogP contribution < -0.4 is 5.32 Å². The van der Waals surface area contributed by atoms with Gasteiger partial charge < -0.3 is 10.1 Å². The van der Waals surface area contributed by atoms with E-state index in [-0.39, 0.29) is 18.4 Å². The van der Waals surface area contributed by atoms with Crippen LogP contribution in [0, 0.1) is 0 Å². The van der Waals surface area contributed by atoms with E-state index in [1.54, 1.807) is 25.3 Å². The van der Waals surface area contributed by atoms with Crippen LogP contribution in [0.25, 0.3) is 0 Å². The lowest BCUT2D eigenvalue weighted by Crippen LogP contribution is -2.36. The quantitative estimate of drug-likeness (QED) is 0.898. The molecule has 0 aliphatic rings. The van der Waals surface area contributed by atoms with Crippen LogP contribution in [0.1, 0.15) is 12.5 Å². The van der Waals surface area contributed by atoms with Crippen molar-refractivity contribution in [3.63, 3.8) is 0 Å². The molecule has 3 nitrogen and oxygen atoms in total. The van der Waals surface area contributed by atoms with Gasteiger partial charge >= 0.3 is 0 Å². The van der Waals surface area contributed by atoms with Gasteiger partial charge in [0.1, 0.15) is 0 Å². The van der Waals surface area contributed by atoms with E-state index in [4.69, 9.17) is 27.9 Å². The molecule has 0 unspecified atom stereocenters. The minimum atomic E-state index is -0.121. The van der Waals surface area contributed by atoms with Crippen molar-refractivity contribution >= 4 is 29.1 Å². The molecule has 0 saturated carbocycles. The molecule has 1 N–H and O–H groups in total. The van der Waals surface area contributed by atoms with Crippen LogP contribution in [0.4, 0.5) is 0 Å². The second kappa shape index (κ2) is 6.84. The number of carbonyl (C=O) groups excluding carboxylic acids is 1. The summed E-state index contributed by atoms with van der Waals surface area (Å²) in [5.74, 6) is -0.121. The fraction of sp³-hybridized carbons (Fsp3) is 0.417. The fourth-order valence-corrected chi connectivity index (χ4v) is 2.01. The van der Waals surface area contributed by atoms with Crippen molar-refractivity contribution < 1.29 is 9.53 Å². The number of rotatable bonds is 5. The first-order valence-corrected chi connectivity index (χ1v) is 6.01. The predicted molar refractivity (Wildman–Crippen MR) is 69.6 cm³/mol. The molecule has 0 heterocycles. The number of carbonyl (C=O) groups is 1. The monoisotopic (exact) mass is 275 g/mol. The van der Waals surface area contributed by atoms with Gasteiger partial charge in [0, 0.05) is 23.2 Å². The Labute approximate surface area is 111 Å². The lowest BCUT2D eigenvalue weighted by atomic mass is 10.1. The zero-order valence-electron chi connectivity index (χ0n) is 9.80. The lowest BCUT2D eigenvalue weighted by Gasteiger charge is -2.13. The minimum absolute atomic E-state index is 0.0336. The molecule has 0 spiro atoms. The largest absolute Gasteiger partial charge is 0.383 e. The summed E-state index contributed by atoms with van der Waals surface area (Å²) in [5, 5.41) is 3.82. The first-order valence-electron chi connectivity index (χ1n) is 5.25. The van der Waals surface area contributed by atoms with Crippen molar-refractivity contribution in [2.24, 2.45) is 0 Å². The van der Waals surface area contributed by atoms with Gasteiger partial charge in [-0.15, -0.1) is 0 Å². The molecule has 1 rings (SSSR count). The Kier molecular flexibility index (Phi) is 5.75. The first-order chi connectivity index (χ1) is 8.04.